The van der Waals surface area contributed by atoms with Crippen LogP contribution in [0.15, 0.2) is 88.5 Å². The van der Waals surface area contributed by atoms with Gasteiger partial charge in [0.2, 0.25) is 5.95 Å². The van der Waals surface area contributed by atoms with E-state index in [0.717, 1.165) is 10.0 Å². The van der Waals surface area contributed by atoms with Crippen LogP contribution in [0.25, 0.3) is 11.4 Å². The molecule has 3 aromatic carbocycles. The van der Waals surface area contributed by atoms with E-state index in [4.69, 9.17) is 26.4 Å². The topological polar surface area (TPSA) is 81.1 Å². The van der Waals surface area contributed by atoms with Gasteiger partial charge in [0.15, 0.2) is 5.82 Å². The lowest BCUT2D eigenvalue weighted by Crippen LogP contribution is -2.31. The average Bonchev–Trinajstić information content (AvgIpc) is 3.27. The van der Waals surface area contributed by atoms with E-state index in [-0.39, 0.29) is 5.91 Å². The molecule has 0 saturated heterocycles. The average molecular weight is 551 g/mol. The minimum atomic E-state index is -0.516. The highest BCUT2D eigenvalue weighted by molar-refractivity contribution is 9.10. The predicted octanol–water partition coefficient (Wildman–Crippen LogP) is 6.30. The van der Waals surface area contributed by atoms with Crippen LogP contribution >= 0.6 is 27.5 Å². The van der Waals surface area contributed by atoms with Gasteiger partial charge in [0.25, 0.3) is 5.91 Å². The van der Waals surface area contributed by atoms with Gasteiger partial charge in [0.05, 0.1) is 23.4 Å². The number of amides is 1. The quantitative estimate of drug-likeness (QED) is 0.305. The lowest BCUT2D eigenvalue weighted by Gasteiger charge is -2.29. The number of allylic oxidation sites excluding steroid dienone is 1. The maximum atomic E-state index is 13.7. The molecule has 9 heteroatoms. The number of ether oxygens (including phenoxy) is 1. The highest BCUT2D eigenvalue weighted by Gasteiger charge is 2.35. The maximum absolute atomic E-state index is 13.7. The first-order valence-corrected chi connectivity index (χ1v) is 12.0. The molecule has 1 aliphatic rings. The normalized spacial score (nSPS) is 14.8. The fourth-order valence-corrected chi connectivity index (χ4v) is 4.58. The van der Waals surface area contributed by atoms with Crippen molar-refractivity contribution in [2.75, 3.05) is 17.7 Å². The van der Waals surface area contributed by atoms with E-state index in [1.165, 1.54) is 0 Å². The fraction of sp³-hybridized carbons (Fsp3) is 0.115. The van der Waals surface area contributed by atoms with Crippen LogP contribution in [0.3, 0.4) is 0 Å². The molecule has 1 atom stereocenters. The van der Waals surface area contributed by atoms with Gasteiger partial charge < -0.3 is 15.4 Å². The van der Waals surface area contributed by atoms with Crippen LogP contribution in [0.1, 0.15) is 18.5 Å². The van der Waals surface area contributed by atoms with Crippen molar-refractivity contribution in [3.05, 3.63) is 99.1 Å². The van der Waals surface area contributed by atoms with Crippen LogP contribution in [0.2, 0.25) is 5.02 Å². The van der Waals surface area contributed by atoms with Crippen molar-refractivity contribution in [2.45, 2.75) is 13.0 Å². The summed E-state index contributed by atoms with van der Waals surface area (Å²) in [4.78, 5) is 18.4. The lowest BCUT2D eigenvalue weighted by atomic mass is 9.95. The Balaban J connectivity index is 1.61. The number of benzene rings is 3. The molecule has 1 aliphatic heterocycles. The van der Waals surface area contributed by atoms with Gasteiger partial charge in [-0.1, -0.05) is 63.9 Å². The van der Waals surface area contributed by atoms with E-state index in [2.05, 4.69) is 26.6 Å². The Morgan fingerprint density at radius 1 is 1.09 bits per heavy atom. The third kappa shape index (κ3) is 4.42. The number of para-hydroxylation sites is 2. The molecule has 176 valence electrons. The van der Waals surface area contributed by atoms with Crippen molar-refractivity contribution in [3.63, 3.8) is 0 Å². The smallest absolute Gasteiger partial charge is 0.255 e. The van der Waals surface area contributed by atoms with Crippen molar-refractivity contribution in [2.24, 2.45) is 0 Å². The number of halogens is 2. The number of hydrogen-bond donors (Lipinski definition) is 2. The Morgan fingerprint density at radius 2 is 1.80 bits per heavy atom. The van der Waals surface area contributed by atoms with Crippen LogP contribution in [0.5, 0.6) is 5.75 Å². The molecule has 0 saturated carbocycles. The molecule has 1 unspecified atom stereocenters. The second-order valence-electron chi connectivity index (χ2n) is 7.96. The third-order valence-electron chi connectivity index (χ3n) is 5.75. The minimum Gasteiger partial charge on any atom is -0.495 e. The number of methoxy groups -OCH3 is 1. The highest BCUT2D eigenvalue weighted by atomic mass is 79.9. The van der Waals surface area contributed by atoms with E-state index in [1.807, 2.05) is 61.5 Å². The molecule has 7 nitrogen and oxygen atoms in total. The van der Waals surface area contributed by atoms with E-state index < -0.39 is 6.04 Å². The summed E-state index contributed by atoms with van der Waals surface area (Å²) in [6.07, 6.45) is 0. The summed E-state index contributed by atoms with van der Waals surface area (Å²) in [6, 6.07) is 22.0. The van der Waals surface area contributed by atoms with Gasteiger partial charge in [-0.25, -0.2) is 4.68 Å². The van der Waals surface area contributed by atoms with Gasteiger partial charge in [0, 0.05) is 15.7 Å². The first kappa shape index (κ1) is 23.1. The Morgan fingerprint density at radius 3 is 2.54 bits per heavy atom. The van der Waals surface area contributed by atoms with Crippen molar-refractivity contribution in [1.82, 2.24) is 14.8 Å². The molecule has 1 aromatic heterocycles. The zero-order valence-corrected chi connectivity index (χ0v) is 21.3. The summed E-state index contributed by atoms with van der Waals surface area (Å²) in [5.74, 6) is 1.30. The molecule has 5 rings (SSSR count). The number of aromatic nitrogens is 3. The Bertz CT molecular complexity index is 1450. The Kier molecular flexibility index (Phi) is 6.32. The Labute approximate surface area is 215 Å². The lowest BCUT2D eigenvalue weighted by molar-refractivity contribution is -0.113. The van der Waals surface area contributed by atoms with Crippen molar-refractivity contribution in [3.8, 4) is 17.1 Å². The van der Waals surface area contributed by atoms with E-state index >= 15 is 0 Å². The van der Waals surface area contributed by atoms with Crippen LogP contribution in [-0.4, -0.2) is 27.8 Å². The second-order valence-corrected chi connectivity index (χ2v) is 9.28. The van der Waals surface area contributed by atoms with Gasteiger partial charge >= 0.3 is 0 Å². The maximum Gasteiger partial charge on any atom is 0.255 e. The minimum absolute atomic E-state index is 0.270. The van der Waals surface area contributed by atoms with E-state index in [1.54, 1.807) is 30.0 Å². The van der Waals surface area contributed by atoms with Gasteiger partial charge in [-0.3, -0.25) is 4.79 Å². The number of carbonyl (C=O) groups excluding carboxylic acids is 1. The number of nitrogens with one attached hydrogen (secondary N) is 2. The predicted molar refractivity (Wildman–Crippen MR) is 141 cm³/mol. The first-order valence-electron chi connectivity index (χ1n) is 10.9. The summed E-state index contributed by atoms with van der Waals surface area (Å²) in [6.45, 7) is 1.86. The van der Waals surface area contributed by atoms with Crippen LogP contribution in [0.4, 0.5) is 11.6 Å². The number of carbonyl (C=O) groups is 1. The second kappa shape index (κ2) is 9.56. The number of hydrogen-bond acceptors (Lipinski definition) is 5. The molecular weight excluding hydrogens is 530 g/mol. The molecule has 4 aromatic rings. The number of rotatable bonds is 5. The Hall–Kier alpha value is -3.62. The molecule has 35 heavy (non-hydrogen) atoms. The van der Waals surface area contributed by atoms with Gasteiger partial charge in [-0.2, -0.15) is 4.98 Å². The SMILES string of the molecule is COc1ccccc1NC(=O)C1=C(C)Nc2nc(-c3ccccc3Cl)nn2C1c1ccc(Br)cc1. The molecule has 0 aliphatic carbocycles. The molecule has 1 amide bonds. The summed E-state index contributed by atoms with van der Waals surface area (Å²) in [7, 11) is 1.57. The molecule has 0 radical (unpaired) electrons. The largest absolute Gasteiger partial charge is 0.495 e. The molecule has 0 fully saturated rings. The number of fused-ring (bicyclic) bond motifs is 1. The van der Waals surface area contributed by atoms with Crippen molar-refractivity contribution in [1.29, 1.82) is 0 Å². The van der Waals surface area contributed by atoms with Crippen LogP contribution < -0.4 is 15.4 Å². The first-order chi connectivity index (χ1) is 17.0. The molecule has 0 bridgehead atoms. The summed E-state index contributed by atoms with van der Waals surface area (Å²) >= 11 is 9.91. The van der Waals surface area contributed by atoms with Crippen LogP contribution in [0, 0.1) is 0 Å². The summed E-state index contributed by atoms with van der Waals surface area (Å²) < 4.78 is 8.08. The molecule has 2 N–H and O–H groups in total. The van der Waals surface area contributed by atoms with Crippen molar-refractivity contribution < 1.29 is 9.53 Å². The zero-order valence-electron chi connectivity index (χ0n) is 18.9. The highest BCUT2D eigenvalue weighted by Crippen LogP contribution is 2.38. The van der Waals surface area contributed by atoms with Crippen LogP contribution in [-0.2, 0) is 4.79 Å². The van der Waals surface area contributed by atoms with E-state index in [9.17, 15) is 4.79 Å². The summed E-state index contributed by atoms with van der Waals surface area (Å²) in [5.41, 5.74) is 3.37. The molecule has 0 spiro atoms. The fourth-order valence-electron chi connectivity index (χ4n) is 4.09. The number of anilines is 2. The van der Waals surface area contributed by atoms with E-state index in [0.29, 0.717) is 45.1 Å². The standard InChI is InChI=1S/C26H21BrClN5O2/c1-15-22(25(34)30-20-9-5-6-10-21(20)35-2)23(16-11-13-17(27)14-12-16)33-26(29-15)31-24(32-33)18-7-3-4-8-19(18)28/h3-14,23H,1-2H3,(H,30,34)(H,29,31,32). The van der Waals surface area contributed by atoms with Gasteiger partial charge in [-0.05, 0) is 48.9 Å². The third-order valence-corrected chi connectivity index (χ3v) is 6.61. The zero-order chi connectivity index (χ0) is 24.5. The molecular formula is C26H21BrClN5O2. The summed E-state index contributed by atoms with van der Waals surface area (Å²) in [5, 5.41) is 11.6. The number of nitrogens with zero attached hydrogens (tertiary/aromatic N) is 3. The monoisotopic (exact) mass is 549 g/mol. The van der Waals surface area contributed by atoms with Gasteiger partial charge in [-0.15, -0.1) is 5.10 Å². The van der Waals surface area contributed by atoms with Crippen molar-refractivity contribution >= 4 is 45.1 Å². The van der Waals surface area contributed by atoms with Gasteiger partial charge in [0.1, 0.15) is 11.8 Å². The molecule has 2 heterocycles.